The lowest BCUT2D eigenvalue weighted by molar-refractivity contribution is 0.185. The van der Waals surface area contributed by atoms with Gasteiger partial charge in [0.15, 0.2) is 0 Å². The van der Waals surface area contributed by atoms with E-state index in [1.807, 2.05) is 0 Å². The van der Waals surface area contributed by atoms with Crippen LogP contribution in [0.25, 0.3) is 0 Å². The summed E-state index contributed by atoms with van der Waals surface area (Å²) in [4.78, 5) is 2.38. The average Bonchev–Trinajstić information content (AvgIpc) is 2.18. The molecule has 0 bridgehead atoms. The highest BCUT2D eigenvalue weighted by molar-refractivity contribution is 4.86. The minimum absolute atomic E-state index is 0.315. The van der Waals surface area contributed by atoms with Crippen molar-refractivity contribution in [1.82, 2.24) is 10.2 Å². The molecular weight excluding hydrogens is 184 g/mol. The molecule has 0 saturated heterocycles. The Labute approximate surface area is 95.4 Å². The monoisotopic (exact) mass is 212 g/mol. The summed E-state index contributed by atoms with van der Waals surface area (Å²) < 4.78 is 0. The molecule has 1 aliphatic carbocycles. The van der Waals surface area contributed by atoms with Crippen LogP contribution < -0.4 is 5.32 Å². The summed E-state index contributed by atoms with van der Waals surface area (Å²) in [7, 11) is 4.41. The fourth-order valence-corrected chi connectivity index (χ4v) is 2.39. The fourth-order valence-electron chi connectivity index (χ4n) is 2.39. The molecule has 2 nitrogen and oxygen atoms in total. The highest BCUT2D eigenvalue weighted by Crippen LogP contribution is 2.23. The van der Waals surface area contributed by atoms with E-state index in [1.54, 1.807) is 0 Å². The predicted molar refractivity (Wildman–Crippen MR) is 67.2 cm³/mol. The van der Waals surface area contributed by atoms with Crippen LogP contribution in [-0.4, -0.2) is 36.6 Å². The lowest BCUT2D eigenvalue weighted by Gasteiger charge is -2.37. The van der Waals surface area contributed by atoms with E-state index in [-0.39, 0.29) is 0 Å². The zero-order valence-corrected chi connectivity index (χ0v) is 11.1. The van der Waals surface area contributed by atoms with Crippen molar-refractivity contribution in [3.05, 3.63) is 0 Å². The molecule has 90 valence electrons. The molecule has 0 radical (unpaired) electrons. The largest absolute Gasteiger partial charge is 0.309 e. The molecule has 1 N–H and O–H groups in total. The van der Waals surface area contributed by atoms with Gasteiger partial charge in [0.2, 0.25) is 0 Å². The van der Waals surface area contributed by atoms with Gasteiger partial charge in [-0.05, 0) is 60.0 Å². The van der Waals surface area contributed by atoms with E-state index >= 15 is 0 Å². The standard InChI is InChI=1S/C13H28N2/c1-6-13(2,3)14-11-7-9-12(10-8-11)15(4)5/h11-12,14H,6-10H2,1-5H3/t11-,12+. The topological polar surface area (TPSA) is 15.3 Å². The average molecular weight is 212 g/mol. The number of rotatable bonds is 4. The van der Waals surface area contributed by atoms with Crippen LogP contribution in [0.4, 0.5) is 0 Å². The molecule has 0 aliphatic heterocycles. The molecule has 1 rings (SSSR count). The van der Waals surface area contributed by atoms with Gasteiger partial charge in [0.25, 0.3) is 0 Å². The van der Waals surface area contributed by atoms with Crippen LogP contribution in [0, 0.1) is 0 Å². The SMILES string of the molecule is CCC(C)(C)N[C@H]1CC[C@@H](N(C)C)CC1. The van der Waals surface area contributed by atoms with Crippen molar-refractivity contribution in [3.8, 4) is 0 Å². The Balaban J connectivity index is 2.32. The molecule has 1 saturated carbocycles. The third kappa shape index (κ3) is 4.12. The van der Waals surface area contributed by atoms with Gasteiger partial charge in [-0.3, -0.25) is 0 Å². The minimum atomic E-state index is 0.315. The van der Waals surface area contributed by atoms with Crippen LogP contribution in [0.1, 0.15) is 52.9 Å². The first-order chi connectivity index (χ1) is 6.94. The van der Waals surface area contributed by atoms with E-state index < -0.39 is 0 Å². The highest BCUT2D eigenvalue weighted by Gasteiger charge is 2.26. The van der Waals surface area contributed by atoms with Crippen LogP contribution in [-0.2, 0) is 0 Å². The predicted octanol–water partition coefficient (Wildman–Crippen LogP) is 2.64. The molecule has 0 aromatic heterocycles. The molecule has 2 heteroatoms. The van der Waals surface area contributed by atoms with Gasteiger partial charge in [0.1, 0.15) is 0 Å². The fraction of sp³-hybridized carbons (Fsp3) is 1.00. The van der Waals surface area contributed by atoms with E-state index in [0.29, 0.717) is 5.54 Å². The van der Waals surface area contributed by atoms with Gasteiger partial charge in [-0.25, -0.2) is 0 Å². The summed E-state index contributed by atoms with van der Waals surface area (Å²) in [5.41, 5.74) is 0.315. The van der Waals surface area contributed by atoms with Gasteiger partial charge in [-0.1, -0.05) is 6.92 Å². The van der Waals surface area contributed by atoms with Gasteiger partial charge in [-0.2, -0.15) is 0 Å². The Hall–Kier alpha value is -0.0800. The van der Waals surface area contributed by atoms with Crippen molar-refractivity contribution < 1.29 is 0 Å². The highest BCUT2D eigenvalue weighted by atomic mass is 15.1. The smallest absolute Gasteiger partial charge is 0.0125 e. The van der Waals surface area contributed by atoms with Gasteiger partial charge >= 0.3 is 0 Å². The molecule has 1 fully saturated rings. The molecule has 0 aromatic carbocycles. The molecule has 0 heterocycles. The Kier molecular flexibility index (Phi) is 4.60. The second-order valence-electron chi connectivity index (χ2n) is 5.85. The number of hydrogen-bond donors (Lipinski definition) is 1. The first-order valence-corrected chi connectivity index (χ1v) is 6.38. The van der Waals surface area contributed by atoms with Gasteiger partial charge < -0.3 is 10.2 Å². The first-order valence-electron chi connectivity index (χ1n) is 6.38. The third-order valence-corrected chi connectivity index (χ3v) is 3.91. The van der Waals surface area contributed by atoms with Crippen LogP contribution in [0.2, 0.25) is 0 Å². The summed E-state index contributed by atoms with van der Waals surface area (Å²) >= 11 is 0. The van der Waals surface area contributed by atoms with Gasteiger partial charge in [0, 0.05) is 17.6 Å². The van der Waals surface area contributed by atoms with E-state index in [0.717, 1.165) is 12.1 Å². The molecule has 0 spiro atoms. The molecule has 1 aliphatic rings. The van der Waals surface area contributed by atoms with Crippen LogP contribution in [0.5, 0.6) is 0 Å². The van der Waals surface area contributed by atoms with Gasteiger partial charge in [-0.15, -0.1) is 0 Å². The second-order valence-corrected chi connectivity index (χ2v) is 5.85. The Morgan fingerprint density at radius 2 is 1.67 bits per heavy atom. The molecule has 0 aromatic rings. The lowest BCUT2D eigenvalue weighted by Crippen LogP contribution is -2.48. The van der Waals surface area contributed by atoms with E-state index in [1.165, 1.54) is 32.1 Å². The van der Waals surface area contributed by atoms with Crippen LogP contribution in [0.3, 0.4) is 0 Å². The van der Waals surface area contributed by atoms with Crippen molar-refractivity contribution in [2.45, 2.75) is 70.5 Å². The second kappa shape index (κ2) is 5.31. The summed E-state index contributed by atoms with van der Waals surface area (Å²) in [5.74, 6) is 0. The molecular formula is C13H28N2. The summed E-state index contributed by atoms with van der Waals surface area (Å²) in [5, 5.41) is 3.79. The minimum Gasteiger partial charge on any atom is -0.309 e. The molecule has 0 unspecified atom stereocenters. The van der Waals surface area contributed by atoms with Gasteiger partial charge in [0.05, 0.1) is 0 Å². The summed E-state index contributed by atoms with van der Waals surface area (Å²) in [6.07, 6.45) is 6.59. The number of nitrogens with one attached hydrogen (secondary N) is 1. The molecule has 0 atom stereocenters. The first kappa shape index (κ1) is 13.0. The van der Waals surface area contributed by atoms with Crippen molar-refractivity contribution in [1.29, 1.82) is 0 Å². The quantitative estimate of drug-likeness (QED) is 0.770. The van der Waals surface area contributed by atoms with Crippen molar-refractivity contribution in [2.75, 3.05) is 14.1 Å². The maximum atomic E-state index is 3.79. The molecule has 0 amide bonds. The number of hydrogen-bond acceptors (Lipinski definition) is 2. The zero-order chi connectivity index (χ0) is 11.5. The van der Waals surface area contributed by atoms with E-state index in [4.69, 9.17) is 0 Å². The number of nitrogens with zero attached hydrogens (tertiary/aromatic N) is 1. The third-order valence-electron chi connectivity index (χ3n) is 3.91. The van der Waals surface area contributed by atoms with Crippen LogP contribution in [0.15, 0.2) is 0 Å². The summed E-state index contributed by atoms with van der Waals surface area (Å²) in [6, 6.07) is 1.56. The normalized spacial score (nSPS) is 28.4. The zero-order valence-electron chi connectivity index (χ0n) is 11.1. The Morgan fingerprint density at radius 1 is 1.13 bits per heavy atom. The summed E-state index contributed by atoms with van der Waals surface area (Å²) in [6.45, 7) is 6.88. The van der Waals surface area contributed by atoms with Crippen molar-refractivity contribution in [3.63, 3.8) is 0 Å². The Bertz CT molecular complexity index is 179. The lowest BCUT2D eigenvalue weighted by atomic mass is 9.88. The Morgan fingerprint density at radius 3 is 2.07 bits per heavy atom. The van der Waals surface area contributed by atoms with Crippen molar-refractivity contribution in [2.24, 2.45) is 0 Å². The van der Waals surface area contributed by atoms with Crippen molar-refractivity contribution >= 4 is 0 Å². The van der Waals surface area contributed by atoms with E-state index in [9.17, 15) is 0 Å². The van der Waals surface area contributed by atoms with E-state index in [2.05, 4.69) is 45.1 Å². The maximum Gasteiger partial charge on any atom is 0.0125 e. The van der Waals surface area contributed by atoms with Crippen LogP contribution >= 0.6 is 0 Å². The molecule has 15 heavy (non-hydrogen) atoms. The maximum absolute atomic E-state index is 3.79.